The lowest BCUT2D eigenvalue weighted by atomic mass is 10.1. The Morgan fingerprint density at radius 2 is 1.74 bits per heavy atom. The Balaban J connectivity index is 1.12. The van der Waals surface area contributed by atoms with E-state index in [0.717, 1.165) is 29.7 Å². The minimum atomic E-state index is -0.521. The topological polar surface area (TPSA) is 94.4 Å². The monoisotopic (exact) mass is 573 g/mol. The highest BCUT2D eigenvalue weighted by atomic mass is 19.1. The van der Waals surface area contributed by atoms with Gasteiger partial charge in [0, 0.05) is 36.4 Å². The van der Waals surface area contributed by atoms with Gasteiger partial charge in [-0.15, -0.1) is 5.10 Å². The summed E-state index contributed by atoms with van der Waals surface area (Å²) in [6, 6.07) is 24.3. The van der Waals surface area contributed by atoms with Crippen molar-refractivity contribution in [2.45, 2.75) is 38.0 Å². The molecule has 6 aromatic rings. The summed E-state index contributed by atoms with van der Waals surface area (Å²) in [7, 11) is 0. The molecule has 0 unspecified atom stereocenters. The number of nitriles is 1. The van der Waals surface area contributed by atoms with Crippen LogP contribution in [0.5, 0.6) is 5.88 Å². The van der Waals surface area contributed by atoms with Crippen molar-refractivity contribution in [3.8, 4) is 23.2 Å². The second kappa shape index (κ2) is 10.8. The fourth-order valence-corrected chi connectivity index (χ4v) is 5.36. The fraction of sp³-hybridized carbons (Fsp3) is 0.182. The number of aromatic nitrogens is 6. The highest BCUT2D eigenvalue weighted by Gasteiger charge is 2.46. The van der Waals surface area contributed by atoms with Crippen LogP contribution in [0.4, 0.5) is 8.78 Å². The molecule has 43 heavy (non-hydrogen) atoms. The number of halogens is 2. The van der Waals surface area contributed by atoms with E-state index in [9.17, 15) is 4.39 Å². The maximum absolute atomic E-state index is 15.6. The molecular weight excluding hydrogens is 548 g/mol. The average molecular weight is 574 g/mol. The highest BCUT2D eigenvalue weighted by Crippen LogP contribution is 2.45. The van der Waals surface area contributed by atoms with Crippen molar-refractivity contribution in [3.05, 3.63) is 125 Å². The van der Waals surface area contributed by atoms with Crippen LogP contribution >= 0.6 is 0 Å². The summed E-state index contributed by atoms with van der Waals surface area (Å²) in [6.07, 6.45) is 5.88. The molecule has 0 bridgehead atoms. The van der Waals surface area contributed by atoms with Gasteiger partial charge in [-0.3, -0.25) is 0 Å². The molecule has 8 nitrogen and oxygen atoms in total. The van der Waals surface area contributed by atoms with Gasteiger partial charge < -0.3 is 9.30 Å². The maximum atomic E-state index is 15.6. The van der Waals surface area contributed by atoms with Crippen LogP contribution in [-0.4, -0.2) is 29.5 Å². The Hall–Kier alpha value is -5.43. The predicted molar refractivity (Wildman–Crippen MR) is 155 cm³/mol. The van der Waals surface area contributed by atoms with Crippen LogP contribution in [0.25, 0.3) is 22.3 Å². The molecule has 0 radical (unpaired) electrons. The van der Waals surface area contributed by atoms with Crippen LogP contribution in [-0.2, 0) is 25.1 Å². The molecule has 0 atom stereocenters. The van der Waals surface area contributed by atoms with Gasteiger partial charge in [0.15, 0.2) is 0 Å². The number of ether oxygens (including phenoxy) is 1. The number of para-hydroxylation sites is 2. The van der Waals surface area contributed by atoms with Gasteiger partial charge in [-0.2, -0.15) is 5.26 Å². The Morgan fingerprint density at radius 1 is 0.907 bits per heavy atom. The van der Waals surface area contributed by atoms with Gasteiger partial charge in [-0.1, -0.05) is 41.6 Å². The van der Waals surface area contributed by atoms with Gasteiger partial charge in [0.05, 0.1) is 40.1 Å². The van der Waals surface area contributed by atoms with E-state index in [1.54, 1.807) is 30.5 Å². The molecule has 3 aromatic heterocycles. The van der Waals surface area contributed by atoms with Crippen molar-refractivity contribution in [2.24, 2.45) is 0 Å². The summed E-state index contributed by atoms with van der Waals surface area (Å²) in [4.78, 5) is 9.37. The van der Waals surface area contributed by atoms with Gasteiger partial charge in [-0.05, 0) is 54.8 Å². The van der Waals surface area contributed by atoms with Gasteiger partial charge in [0.1, 0.15) is 24.1 Å². The first kappa shape index (κ1) is 26.5. The summed E-state index contributed by atoms with van der Waals surface area (Å²) >= 11 is 0. The molecule has 212 valence electrons. The van der Waals surface area contributed by atoms with Crippen molar-refractivity contribution in [3.63, 3.8) is 0 Å². The van der Waals surface area contributed by atoms with Crippen molar-refractivity contribution in [2.75, 3.05) is 0 Å². The number of fused-ring (bicyclic) bond motifs is 1. The van der Waals surface area contributed by atoms with Crippen LogP contribution in [0.3, 0.4) is 0 Å². The SMILES string of the molecule is N#Cc1ccc(COc2cccc(-c3ccc(Cc4nc5ccccc5n4CC4(n5ccnn5)CC4)c(F)c3)n2)c(F)c1. The molecule has 10 heteroatoms. The zero-order chi connectivity index (χ0) is 29.4. The molecule has 3 aromatic carbocycles. The van der Waals surface area contributed by atoms with E-state index >= 15 is 4.39 Å². The van der Waals surface area contributed by atoms with E-state index < -0.39 is 5.82 Å². The largest absolute Gasteiger partial charge is 0.473 e. The molecule has 0 spiro atoms. The highest BCUT2D eigenvalue weighted by molar-refractivity contribution is 5.76. The minimum absolute atomic E-state index is 0.0551. The quantitative estimate of drug-likeness (QED) is 0.205. The average Bonchev–Trinajstić information content (AvgIpc) is 3.43. The Morgan fingerprint density at radius 3 is 2.51 bits per heavy atom. The lowest BCUT2D eigenvalue weighted by Crippen LogP contribution is -2.25. The zero-order valence-corrected chi connectivity index (χ0v) is 23.0. The first-order valence-corrected chi connectivity index (χ1v) is 13.9. The summed E-state index contributed by atoms with van der Waals surface area (Å²) in [5.41, 5.74) is 3.90. The number of benzene rings is 3. The van der Waals surface area contributed by atoms with Gasteiger partial charge in [-0.25, -0.2) is 23.4 Å². The molecule has 0 amide bonds. The molecule has 7 rings (SSSR count). The molecule has 1 aliphatic carbocycles. The molecule has 1 fully saturated rings. The van der Waals surface area contributed by atoms with E-state index in [1.165, 1.54) is 24.3 Å². The van der Waals surface area contributed by atoms with E-state index in [1.807, 2.05) is 47.3 Å². The molecule has 0 N–H and O–H groups in total. The summed E-state index contributed by atoms with van der Waals surface area (Å²) in [5.74, 6) is 0.178. The third-order valence-corrected chi connectivity index (χ3v) is 7.90. The first-order chi connectivity index (χ1) is 21.0. The zero-order valence-electron chi connectivity index (χ0n) is 23.0. The lowest BCUT2D eigenvalue weighted by molar-refractivity contribution is 0.288. The second-order valence-electron chi connectivity index (χ2n) is 10.7. The number of pyridine rings is 1. The molecule has 1 saturated carbocycles. The number of hydrogen-bond acceptors (Lipinski definition) is 6. The first-order valence-electron chi connectivity index (χ1n) is 13.9. The lowest BCUT2D eigenvalue weighted by Gasteiger charge is -2.19. The van der Waals surface area contributed by atoms with Gasteiger partial charge in [0.25, 0.3) is 0 Å². The predicted octanol–water partition coefficient (Wildman–Crippen LogP) is 6.20. The fourth-order valence-electron chi connectivity index (χ4n) is 5.36. The van der Waals surface area contributed by atoms with E-state index in [4.69, 9.17) is 15.0 Å². The number of nitrogens with zero attached hydrogens (tertiary/aromatic N) is 7. The van der Waals surface area contributed by atoms with Crippen molar-refractivity contribution in [1.29, 1.82) is 5.26 Å². The second-order valence-corrected chi connectivity index (χ2v) is 10.7. The Labute approximate surface area is 245 Å². The van der Waals surface area contributed by atoms with Crippen molar-refractivity contribution < 1.29 is 13.5 Å². The standard InChI is InChI=1S/C33H25F2N7O/c34-26-16-22(19-36)8-9-25(26)20-43-32-7-3-5-28(39-32)24-11-10-23(27(35)17-24)18-31-38-29-4-1-2-6-30(29)41(31)21-33(12-13-33)42-15-14-37-40-42/h1-11,14-17H,12-13,18,20-21H2. The molecule has 1 aliphatic rings. The number of hydrogen-bond donors (Lipinski definition) is 0. The third-order valence-electron chi connectivity index (χ3n) is 7.90. The normalized spacial score (nSPS) is 13.6. The van der Waals surface area contributed by atoms with E-state index in [2.05, 4.69) is 19.9 Å². The van der Waals surface area contributed by atoms with Crippen LogP contribution in [0.1, 0.15) is 35.4 Å². The number of imidazole rings is 1. The maximum Gasteiger partial charge on any atom is 0.214 e. The molecule has 0 aliphatic heterocycles. The molecule has 0 saturated heterocycles. The van der Waals surface area contributed by atoms with Crippen LogP contribution in [0.15, 0.2) is 91.3 Å². The molecule has 3 heterocycles. The number of rotatable bonds is 9. The summed E-state index contributed by atoms with van der Waals surface area (Å²) in [5, 5.41) is 17.2. The van der Waals surface area contributed by atoms with E-state index in [0.29, 0.717) is 35.3 Å². The van der Waals surface area contributed by atoms with Crippen molar-refractivity contribution >= 4 is 11.0 Å². The summed E-state index contributed by atoms with van der Waals surface area (Å²) in [6.45, 7) is 0.621. The minimum Gasteiger partial charge on any atom is -0.473 e. The van der Waals surface area contributed by atoms with E-state index in [-0.39, 0.29) is 29.4 Å². The Bertz CT molecular complexity index is 1990. The third kappa shape index (κ3) is 5.21. The van der Waals surface area contributed by atoms with Gasteiger partial charge >= 0.3 is 0 Å². The molecular formula is C33H25F2N7O. The Kier molecular flexibility index (Phi) is 6.62. The smallest absolute Gasteiger partial charge is 0.214 e. The van der Waals surface area contributed by atoms with Crippen LogP contribution < -0.4 is 4.74 Å². The van der Waals surface area contributed by atoms with Crippen LogP contribution in [0, 0.1) is 23.0 Å². The van der Waals surface area contributed by atoms with Gasteiger partial charge in [0.2, 0.25) is 5.88 Å². The van der Waals surface area contributed by atoms with Crippen molar-refractivity contribution in [1.82, 2.24) is 29.5 Å². The summed E-state index contributed by atoms with van der Waals surface area (Å²) < 4.78 is 39.6. The van der Waals surface area contributed by atoms with Crippen LogP contribution in [0.2, 0.25) is 0 Å².